The maximum atomic E-state index is 12.6. The summed E-state index contributed by atoms with van der Waals surface area (Å²) >= 11 is 28.8. The van der Waals surface area contributed by atoms with E-state index in [-0.39, 0.29) is 114 Å². The van der Waals surface area contributed by atoms with Crippen LogP contribution in [0.5, 0.6) is 0 Å². The number of benzene rings is 5. The number of anilines is 10. The van der Waals surface area contributed by atoms with Gasteiger partial charge in [-0.1, -0.05) is 126 Å². The molecule has 15 aromatic rings. The molecule has 0 bridgehead atoms. The number of H-pyrrole nitrogens is 2. The second-order valence-corrected chi connectivity index (χ2v) is 32.6. The molecule has 0 atom stereocenters. The number of hydrogen-bond donors (Lipinski definition) is 14. The van der Waals surface area contributed by atoms with E-state index >= 15 is 0 Å². The number of carbonyl (C=O) groups is 7. The number of halogens is 5. The number of hydrogen-bond acceptors (Lipinski definition) is 32. The molecule has 5 aromatic carbocycles. The quantitative estimate of drug-likeness (QED) is 0.0297. The standard InChI is InChI=1S/C21H24N8O2.2C17H18ClN7O.C16H16ClN7O.C10H12N4.C6H5Cl2N3O.C4H7NO.CH4/c1-11-14(19-23-12(2)29(4)28-19)6-5-7-15(11)24-16-10-17(25-20(30)13-8-9-13)26-27-18(16)21(31)22-3;1-9-11(16-20-10(2)25(4)24-16)6-5-7-12(9)21-13-8-14(18)22-23-15(13)17(26)19-3;1-9-11(16-20-10(2)24-25(16)4)6-5-7-12(9)21-13-8-14(18)22-23-15(13)17(26)19-3;1-8-10(15-19-9(2)21-24-15)5-4-6-11(8)20-12-7-13(17)22-23-14(12)16(25)18-3;1-6-8(4-3-5-9(6)11)10-12-7(2)13-14-10;1-9-6(12)5-3(7)2-4(8)10-11-5;5-4(6)3-1-2-3;/h5-7,10,13H,8-9H2,1-4H3,(H,22,31)(H2,24,25,26,30);2*5-8H,1-4H3,(H,19,26)(H,21,22);4-7H,1-3H3,(H,18,25)(H,20,22)(H,19,21,24);3-5H,11H2,1-2H3,(H,12,13,14);2H,1H3,(H,9,12);3H,1-2H2,(H2,5,6);1H4/i4*3D3;;1D3;;. The number of nitrogen functional groups attached to an aromatic ring is 1. The van der Waals surface area contributed by atoms with E-state index in [1.165, 1.54) is 30.3 Å². The van der Waals surface area contributed by atoms with E-state index < -0.39 is 64.4 Å². The van der Waals surface area contributed by atoms with E-state index in [0.29, 0.717) is 63.5 Å². The topological polar surface area (TPSA) is 596 Å². The summed E-state index contributed by atoms with van der Waals surface area (Å²) in [5, 5.41) is 88.2. The molecule has 734 valence electrons. The molecule has 2 aliphatic rings. The number of nitrogens with one attached hydrogen (secondary N) is 12. The van der Waals surface area contributed by atoms with Gasteiger partial charge in [-0.3, -0.25) is 53.1 Å². The van der Waals surface area contributed by atoms with Crippen molar-refractivity contribution in [3.05, 3.63) is 232 Å². The maximum Gasteiger partial charge on any atom is 0.273 e. The zero-order valence-electron chi connectivity index (χ0n) is 91.7. The number of nitrogens with zero attached hydrogens (tertiary/aromatic N) is 23. The summed E-state index contributed by atoms with van der Waals surface area (Å²) in [5.41, 5.74) is 22.3. The zero-order chi connectivity index (χ0) is 114. The second-order valence-electron chi connectivity index (χ2n) is 30.6. The highest BCUT2D eigenvalue weighted by Crippen LogP contribution is 2.38. The van der Waals surface area contributed by atoms with E-state index in [4.69, 9.17) is 90.0 Å². The Morgan fingerprint density at radius 1 is 0.376 bits per heavy atom. The third-order valence-electron chi connectivity index (χ3n) is 20.6. The highest BCUT2D eigenvalue weighted by atomic mass is 35.5. The highest BCUT2D eigenvalue weighted by Gasteiger charge is 2.31. The molecule has 49 heteroatoms. The van der Waals surface area contributed by atoms with Gasteiger partial charge in [0.1, 0.15) is 29.1 Å². The molecule has 10 aromatic heterocycles. The summed E-state index contributed by atoms with van der Waals surface area (Å²) < 4.78 is 112. The van der Waals surface area contributed by atoms with Crippen LogP contribution >= 0.6 is 58.0 Å². The molecule has 2 fully saturated rings. The van der Waals surface area contributed by atoms with Crippen molar-refractivity contribution < 1.29 is 54.1 Å². The van der Waals surface area contributed by atoms with Crippen molar-refractivity contribution in [3.63, 3.8) is 0 Å². The third-order valence-corrected chi connectivity index (χ3v) is 21.7. The number of primary amides is 1. The first-order valence-corrected chi connectivity index (χ1v) is 43.6. The molecule has 17 rings (SSSR count). The van der Waals surface area contributed by atoms with Crippen molar-refractivity contribution in [1.82, 2.24) is 152 Å². The Labute approximate surface area is 856 Å². The van der Waals surface area contributed by atoms with E-state index in [9.17, 15) is 33.6 Å². The van der Waals surface area contributed by atoms with Gasteiger partial charge in [0.2, 0.25) is 11.8 Å². The van der Waals surface area contributed by atoms with Crippen molar-refractivity contribution in [2.75, 3.05) is 67.2 Å². The average molecular weight is 2030 g/mol. The van der Waals surface area contributed by atoms with Crippen LogP contribution < -0.4 is 64.6 Å². The number of aryl methyl sites for hydroxylation is 8. The Bertz CT molecular complexity index is 7690. The van der Waals surface area contributed by atoms with Gasteiger partial charge < -0.3 is 64.6 Å². The van der Waals surface area contributed by atoms with E-state index in [1.54, 1.807) is 71.6 Å². The van der Waals surface area contributed by atoms with Crippen LogP contribution in [-0.2, 0) is 30.7 Å². The molecule has 0 radical (unpaired) electrons. The minimum Gasteiger partial charge on any atom is -0.398 e. The molecule has 10 heterocycles. The average Bonchev–Trinajstić information content (AvgIpc) is 1.50. The fraction of sp³-hybridized carbons (Fsp3) is 0.272. The van der Waals surface area contributed by atoms with Gasteiger partial charge in [-0.2, -0.15) is 25.5 Å². The van der Waals surface area contributed by atoms with Crippen LogP contribution in [-0.4, -0.2) is 202 Å². The molecule has 0 spiro atoms. The molecule has 16 N–H and O–H groups in total. The van der Waals surface area contributed by atoms with Crippen molar-refractivity contribution >= 4 is 156 Å². The first-order chi connectivity index (χ1) is 72.5. The molecular weight excluding hydrogens is 1910 g/mol. The Hall–Kier alpha value is -16.1. The molecule has 141 heavy (non-hydrogen) atoms. The lowest BCUT2D eigenvalue weighted by atomic mass is 10.1. The van der Waals surface area contributed by atoms with Gasteiger partial charge in [-0.25, -0.2) is 29.6 Å². The van der Waals surface area contributed by atoms with Crippen LogP contribution in [0.2, 0.25) is 25.6 Å². The summed E-state index contributed by atoms with van der Waals surface area (Å²) in [6.07, 6.45) is 3.68. The van der Waals surface area contributed by atoms with E-state index in [1.807, 2.05) is 150 Å². The summed E-state index contributed by atoms with van der Waals surface area (Å²) in [4.78, 5) is 105. The number of aromatic nitrogens is 25. The fourth-order valence-electron chi connectivity index (χ4n) is 12.7. The van der Waals surface area contributed by atoms with Crippen molar-refractivity contribution in [2.45, 2.75) is 102 Å². The monoisotopic (exact) mass is 2030 g/mol. The predicted molar refractivity (Wildman–Crippen MR) is 540 cm³/mol. The molecular formula is C92H104Cl5N37O7. The summed E-state index contributed by atoms with van der Waals surface area (Å²) in [6.45, 7) is 5.38. The van der Waals surface area contributed by atoms with Crippen molar-refractivity contribution in [3.8, 4) is 56.9 Å². The number of rotatable bonds is 21. The van der Waals surface area contributed by atoms with E-state index in [0.717, 1.165) is 104 Å². The molecule has 2 aliphatic carbocycles. The first-order valence-electron chi connectivity index (χ1n) is 49.2. The van der Waals surface area contributed by atoms with Gasteiger partial charge in [0.05, 0.1) is 27.8 Å². The zero-order valence-corrected chi connectivity index (χ0v) is 80.5. The van der Waals surface area contributed by atoms with Gasteiger partial charge in [-0.05, 0) is 159 Å². The van der Waals surface area contributed by atoms with Crippen LogP contribution in [0, 0.1) is 81.1 Å². The van der Waals surface area contributed by atoms with Crippen LogP contribution in [0.3, 0.4) is 0 Å². The number of amides is 7. The fourth-order valence-corrected chi connectivity index (χ4v) is 13.6. The smallest absolute Gasteiger partial charge is 0.273 e. The number of nitrogens with two attached hydrogens (primary N) is 2. The highest BCUT2D eigenvalue weighted by molar-refractivity contribution is 6.36. The normalized spacial score (nSPS) is 13.4. The van der Waals surface area contributed by atoms with Crippen LogP contribution in [0.1, 0.15) is 163 Å². The Kier molecular flexibility index (Phi) is 29.9. The summed E-state index contributed by atoms with van der Waals surface area (Å²) in [6, 6.07) is 34.6. The Balaban J connectivity index is 0.000000192. The van der Waals surface area contributed by atoms with Gasteiger partial charge in [0.15, 0.2) is 84.0 Å². The van der Waals surface area contributed by atoms with Gasteiger partial charge >= 0.3 is 0 Å². The molecule has 7 amide bonds. The lowest BCUT2D eigenvalue weighted by Gasteiger charge is -2.15. The SMILES string of the molecule is C.Cc1nc(-c2cccc(N)c2C)n[nH]1.NC(=O)C1CC1.[2H]C([2H])([2H])NC(=O)c1nnc(Cl)cc1Cl.[2H]C([2H])([2H])NC(=O)c1nnc(Cl)cc1Nc1cccc(-c2n[nH]c(C)n2)c1C.[2H]C([2H])([2H])NC(=O)c1nnc(Cl)cc1Nc1cccc(-c2nc(C)n(C)n2)c1C.[2H]C([2H])([2H])NC(=O)c1nnc(Cl)cc1Nc1cccc(-c2nc(C)nn2C)c1C.[2H]C([2H])([2H])NC(=O)c1nnc(NC(=O)C2CC2)cc1Nc1cccc(-c2nc(C)n(C)n2)c1C. The van der Waals surface area contributed by atoms with Crippen LogP contribution in [0.15, 0.2) is 121 Å². The molecule has 0 saturated heterocycles. The molecule has 2 saturated carbocycles. The Morgan fingerprint density at radius 2 is 0.709 bits per heavy atom. The summed E-state index contributed by atoms with van der Waals surface area (Å²) in [7, 11) is 5.42. The third kappa shape index (κ3) is 27.9. The molecule has 0 aliphatic heterocycles. The number of carbonyl (C=O) groups excluding carboxylic acids is 7. The number of aromatic amines is 2. The predicted octanol–water partition coefficient (Wildman–Crippen LogP) is 13.6. The minimum absolute atomic E-state index is 0. The van der Waals surface area contributed by atoms with Gasteiger partial charge in [0.25, 0.3) is 29.5 Å². The lowest BCUT2D eigenvalue weighted by molar-refractivity contribution is -0.119. The minimum atomic E-state index is -2.70. The van der Waals surface area contributed by atoms with Gasteiger partial charge in [0, 0.05) is 169 Å². The van der Waals surface area contributed by atoms with Gasteiger partial charge in [-0.15, -0.1) is 51.0 Å². The van der Waals surface area contributed by atoms with Crippen LogP contribution in [0.25, 0.3) is 56.9 Å². The van der Waals surface area contributed by atoms with Crippen molar-refractivity contribution in [1.29, 1.82) is 0 Å². The summed E-state index contributed by atoms with van der Waals surface area (Å²) in [5.74, 6) is 2.20. The van der Waals surface area contributed by atoms with E-state index in [2.05, 4.69) is 138 Å². The molecule has 44 nitrogen and oxygen atoms in total. The first kappa shape index (κ1) is 86.5. The van der Waals surface area contributed by atoms with Crippen molar-refractivity contribution in [2.24, 2.45) is 38.7 Å². The maximum absolute atomic E-state index is 12.6. The van der Waals surface area contributed by atoms with Crippen LogP contribution in [0.4, 0.5) is 57.0 Å². The largest absolute Gasteiger partial charge is 0.398 e. The second kappa shape index (κ2) is 48.8. The Morgan fingerprint density at radius 3 is 1.04 bits per heavy atom. The lowest BCUT2D eigenvalue weighted by Crippen LogP contribution is -2.22. The molecule has 0 unspecified atom stereocenters.